The number of hydrogen-bond acceptors (Lipinski definition) is 7. The molecule has 1 N–H and O–H groups in total. The molecular formula is C25H20N4O5. The van der Waals surface area contributed by atoms with Gasteiger partial charge in [0.15, 0.2) is 11.5 Å². The Balaban J connectivity index is 1.55. The molecule has 1 heterocycles. The minimum Gasteiger partial charge on any atom is -0.497 e. The fourth-order valence-electron chi connectivity index (χ4n) is 3.33. The lowest BCUT2D eigenvalue weighted by atomic mass is 10.1. The molecule has 0 fully saturated rings. The molecular weight excluding hydrogens is 436 g/mol. The van der Waals surface area contributed by atoms with E-state index in [1.165, 1.54) is 19.2 Å². The third kappa shape index (κ3) is 4.81. The zero-order valence-electron chi connectivity index (χ0n) is 18.4. The van der Waals surface area contributed by atoms with Gasteiger partial charge >= 0.3 is 0 Å². The first-order valence-electron chi connectivity index (χ1n) is 10.2. The molecule has 0 aliphatic heterocycles. The SMILES string of the molecule is COc1ccc2nc(/C(C#N)=C\c3ccc(OCc4ccc([N+](=O)[O-])cc4)c(OC)c3)[nH]c2c1. The molecule has 170 valence electrons. The first kappa shape index (κ1) is 22.4. The van der Waals surface area contributed by atoms with Crippen molar-refractivity contribution in [3.63, 3.8) is 0 Å². The number of H-pyrrole nitrogens is 1. The van der Waals surface area contributed by atoms with Crippen molar-refractivity contribution in [3.05, 3.63) is 87.7 Å². The summed E-state index contributed by atoms with van der Waals surface area (Å²) in [6.45, 7) is 0.218. The zero-order chi connectivity index (χ0) is 24.1. The number of nitrogens with zero attached hydrogens (tertiary/aromatic N) is 3. The van der Waals surface area contributed by atoms with Gasteiger partial charge in [0.1, 0.15) is 24.3 Å². The summed E-state index contributed by atoms with van der Waals surface area (Å²) in [6.07, 6.45) is 1.71. The van der Waals surface area contributed by atoms with Gasteiger partial charge in [-0.15, -0.1) is 0 Å². The molecule has 4 rings (SSSR count). The molecule has 0 aliphatic carbocycles. The quantitative estimate of drug-likeness (QED) is 0.221. The van der Waals surface area contributed by atoms with Crippen LogP contribution < -0.4 is 14.2 Å². The topological polar surface area (TPSA) is 123 Å². The van der Waals surface area contributed by atoms with E-state index in [9.17, 15) is 15.4 Å². The number of aromatic amines is 1. The summed E-state index contributed by atoms with van der Waals surface area (Å²) in [6, 6.07) is 19.1. The second-order valence-corrected chi connectivity index (χ2v) is 7.26. The third-order valence-electron chi connectivity index (χ3n) is 5.10. The molecule has 0 atom stereocenters. The standard InChI is InChI=1S/C25H20N4O5/c1-32-20-8-9-21-22(13-20)28-25(27-21)18(14-26)11-17-5-10-23(24(12-17)33-2)34-15-16-3-6-19(7-4-16)29(30)31/h3-13H,15H2,1-2H3,(H,27,28)/b18-11-. The van der Waals surface area contributed by atoms with Crippen LogP contribution in [0.2, 0.25) is 0 Å². The summed E-state index contributed by atoms with van der Waals surface area (Å²) in [5, 5.41) is 20.5. The predicted octanol–water partition coefficient (Wildman–Crippen LogP) is 5.13. The molecule has 3 aromatic carbocycles. The predicted molar refractivity (Wildman–Crippen MR) is 127 cm³/mol. The maximum atomic E-state index is 10.8. The Bertz CT molecular complexity index is 1420. The van der Waals surface area contributed by atoms with Gasteiger partial charge < -0.3 is 19.2 Å². The molecule has 0 aliphatic rings. The Morgan fingerprint density at radius 3 is 2.56 bits per heavy atom. The molecule has 9 heteroatoms. The van der Waals surface area contributed by atoms with Crippen LogP contribution in [-0.2, 0) is 6.61 Å². The molecule has 0 saturated heterocycles. The van der Waals surface area contributed by atoms with Gasteiger partial charge in [-0.2, -0.15) is 5.26 Å². The average Bonchev–Trinajstić information content (AvgIpc) is 3.29. The van der Waals surface area contributed by atoms with E-state index < -0.39 is 4.92 Å². The van der Waals surface area contributed by atoms with Gasteiger partial charge in [0.2, 0.25) is 0 Å². The van der Waals surface area contributed by atoms with Crippen LogP contribution in [0.3, 0.4) is 0 Å². The smallest absolute Gasteiger partial charge is 0.269 e. The molecule has 1 aromatic heterocycles. The molecule has 0 saturated carbocycles. The highest BCUT2D eigenvalue weighted by atomic mass is 16.6. The number of non-ortho nitro benzene ring substituents is 1. The minimum absolute atomic E-state index is 0.0226. The number of nitriles is 1. The lowest BCUT2D eigenvalue weighted by Gasteiger charge is -2.11. The van der Waals surface area contributed by atoms with Gasteiger partial charge in [0, 0.05) is 18.2 Å². The monoisotopic (exact) mass is 456 g/mol. The third-order valence-corrected chi connectivity index (χ3v) is 5.10. The molecule has 0 unspecified atom stereocenters. The summed E-state index contributed by atoms with van der Waals surface area (Å²) < 4.78 is 16.5. The van der Waals surface area contributed by atoms with Crippen LogP contribution in [0, 0.1) is 21.4 Å². The van der Waals surface area contributed by atoms with Crippen molar-refractivity contribution in [2.24, 2.45) is 0 Å². The normalized spacial score (nSPS) is 11.1. The lowest BCUT2D eigenvalue weighted by Crippen LogP contribution is -1.98. The highest BCUT2D eigenvalue weighted by Gasteiger charge is 2.11. The largest absolute Gasteiger partial charge is 0.497 e. The summed E-state index contributed by atoms with van der Waals surface area (Å²) in [4.78, 5) is 18.0. The minimum atomic E-state index is -0.447. The van der Waals surface area contributed by atoms with E-state index in [1.807, 2.05) is 18.2 Å². The van der Waals surface area contributed by atoms with Crippen molar-refractivity contribution < 1.29 is 19.1 Å². The van der Waals surface area contributed by atoms with Crippen molar-refractivity contribution in [2.75, 3.05) is 14.2 Å². The van der Waals surface area contributed by atoms with Crippen molar-refractivity contribution in [2.45, 2.75) is 6.61 Å². The van der Waals surface area contributed by atoms with Crippen LogP contribution in [0.25, 0.3) is 22.7 Å². The molecule has 0 radical (unpaired) electrons. The number of rotatable bonds is 8. The summed E-state index contributed by atoms with van der Waals surface area (Å²) in [7, 11) is 3.12. The number of nitro groups is 1. The number of aromatic nitrogens is 2. The van der Waals surface area contributed by atoms with Gasteiger partial charge in [0.05, 0.1) is 35.7 Å². The van der Waals surface area contributed by atoms with Crippen LogP contribution in [0.1, 0.15) is 17.0 Å². The van der Waals surface area contributed by atoms with E-state index in [1.54, 1.807) is 43.5 Å². The number of fused-ring (bicyclic) bond motifs is 1. The number of nitrogens with one attached hydrogen (secondary N) is 1. The number of nitro benzene ring substituents is 1. The Labute approximate surface area is 195 Å². The fourth-order valence-corrected chi connectivity index (χ4v) is 3.33. The second-order valence-electron chi connectivity index (χ2n) is 7.26. The van der Waals surface area contributed by atoms with Crippen molar-refractivity contribution in [1.29, 1.82) is 5.26 Å². The number of hydrogen-bond donors (Lipinski definition) is 1. The molecule has 0 bridgehead atoms. The van der Waals surface area contributed by atoms with Gasteiger partial charge in [0.25, 0.3) is 5.69 Å². The van der Waals surface area contributed by atoms with Gasteiger partial charge in [-0.1, -0.05) is 6.07 Å². The van der Waals surface area contributed by atoms with E-state index in [4.69, 9.17) is 14.2 Å². The number of benzene rings is 3. The van der Waals surface area contributed by atoms with E-state index in [0.29, 0.717) is 28.6 Å². The maximum absolute atomic E-state index is 10.8. The van der Waals surface area contributed by atoms with Crippen LogP contribution in [0.5, 0.6) is 17.2 Å². The van der Waals surface area contributed by atoms with E-state index >= 15 is 0 Å². The number of allylic oxidation sites excluding steroid dienone is 1. The van der Waals surface area contributed by atoms with Crippen LogP contribution >= 0.6 is 0 Å². The van der Waals surface area contributed by atoms with Crippen LogP contribution in [-0.4, -0.2) is 29.1 Å². The van der Waals surface area contributed by atoms with E-state index in [0.717, 1.165) is 22.2 Å². The highest BCUT2D eigenvalue weighted by molar-refractivity contribution is 5.90. The Morgan fingerprint density at radius 2 is 1.88 bits per heavy atom. The summed E-state index contributed by atoms with van der Waals surface area (Å²) in [5.41, 5.74) is 3.39. The maximum Gasteiger partial charge on any atom is 0.269 e. The first-order chi connectivity index (χ1) is 16.5. The van der Waals surface area contributed by atoms with Crippen molar-refractivity contribution in [3.8, 4) is 23.3 Å². The molecule has 9 nitrogen and oxygen atoms in total. The molecule has 4 aromatic rings. The number of imidazole rings is 1. The van der Waals surface area contributed by atoms with Gasteiger partial charge in [-0.3, -0.25) is 10.1 Å². The van der Waals surface area contributed by atoms with Crippen molar-refractivity contribution >= 4 is 28.4 Å². The lowest BCUT2D eigenvalue weighted by molar-refractivity contribution is -0.384. The number of methoxy groups -OCH3 is 2. The van der Waals surface area contributed by atoms with Gasteiger partial charge in [-0.25, -0.2) is 4.98 Å². The highest BCUT2D eigenvalue weighted by Crippen LogP contribution is 2.31. The molecule has 0 amide bonds. The van der Waals surface area contributed by atoms with Crippen molar-refractivity contribution in [1.82, 2.24) is 9.97 Å². The summed E-state index contributed by atoms with van der Waals surface area (Å²) >= 11 is 0. The molecule has 0 spiro atoms. The van der Waals surface area contributed by atoms with Gasteiger partial charge in [-0.05, 0) is 53.6 Å². The van der Waals surface area contributed by atoms with E-state index in [-0.39, 0.29) is 12.3 Å². The Hall–Kier alpha value is -4.84. The second kappa shape index (κ2) is 9.75. The first-order valence-corrected chi connectivity index (χ1v) is 10.2. The van der Waals surface area contributed by atoms with E-state index in [2.05, 4.69) is 16.0 Å². The summed E-state index contributed by atoms with van der Waals surface area (Å²) in [5.74, 6) is 2.14. The van der Waals surface area contributed by atoms with Crippen LogP contribution in [0.4, 0.5) is 5.69 Å². The fraction of sp³-hybridized carbons (Fsp3) is 0.120. The molecule has 34 heavy (non-hydrogen) atoms. The zero-order valence-corrected chi connectivity index (χ0v) is 18.4. The Morgan fingerprint density at radius 1 is 1.09 bits per heavy atom. The Kier molecular flexibility index (Phi) is 6.41. The number of ether oxygens (including phenoxy) is 3. The van der Waals surface area contributed by atoms with Crippen LogP contribution in [0.15, 0.2) is 60.7 Å². The average molecular weight is 456 g/mol.